The smallest absolute Gasteiger partial charge is 0 e. The van der Waals surface area contributed by atoms with Gasteiger partial charge in [0.25, 0.3) is 0 Å². The SMILES string of the molecule is [Co].c1cc[c-]2cccc2c1.c1ccc([C-]2CC[C-](c3ccccc3)[C-](c3ccccc3)[C-]2c2ccccc2)cc1. The van der Waals surface area contributed by atoms with Gasteiger partial charge in [0.15, 0.2) is 0 Å². The molecule has 1 heteroatoms. The van der Waals surface area contributed by atoms with Crippen LogP contribution in [0.3, 0.4) is 0 Å². The molecule has 0 N–H and O–H groups in total. The summed E-state index contributed by atoms with van der Waals surface area (Å²) in [6, 6.07) is 58.2. The Morgan fingerprint density at radius 1 is 0.350 bits per heavy atom. The van der Waals surface area contributed by atoms with Gasteiger partial charge in [-0.25, -0.2) is 34.8 Å². The maximum absolute atomic E-state index is 2.25. The summed E-state index contributed by atoms with van der Waals surface area (Å²) in [6.07, 6.45) is 2.07. The summed E-state index contributed by atoms with van der Waals surface area (Å²) in [7, 11) is 0. The van der Waals surface area contributed by atoms with Gasteiger partial charge in [0.2, 0.25) is 0 Å². The fourth-order valence-corrected chi connectivity index (χ4v) is 5.57. The third kappa shape index (κ3) is 5.97. The molecule has 1 fully saturated rings. The van der Waals surface area contributed by atoms with Crippen molar-refractivity contribution >= 4 is 10.8 Å². The van der Waals surface area contributed by atoms with Crippen LogP contribution in [0.2, 0.25) is 0 Å². The fraction of sp³-hybridized carbons (Fsp3) is 0.0513. The molecule has 1 saturated carbocycles. The Labute approximate surface area is 249 Å². The van der Waals surface area contributed by atoms with E-state index in [0.29, 0.717) is 0 Å². The summed E-state index contributed by atoms with van der Waals surface area (Å²) in [5, 5.41) is 2.66. The van der Waals surface area contributed by atoms with E-state index in [1.165, 1.54) is 56.7 Å². The zero-order chi connectivity index (χ0) is 26.3. The molecule has 7 rings (SSSR count). The predicted molar refractivity (Wildman–Crippen MR) is 164 cm³/mol. The van der Waals surface area contributed by atoms with Gasteiger partial charge >= 0.3 is 0 Å². The molecular weight excluding hydrogens is 527 g/mol. The molecule has 0 unspecified atom stereocenters. The van der Waals surface area contributed by atoms with E-state index in [1.807, 2.05) is 0 Å². The van der Waals surface area contributed by atoms with Crippen LogP contribution in [0.25, 0.3) is 10.8 Å². The Balaban J connectivity index is 0.000000273. The molecule has 0 spiro atoms. The zero-order valence-corrected chi connectivity index (χ0v) is 23.4. The minimum atomic E-state index is 0. The maximum atomic E-state index is 2.25. The first kappa shape index (κ1) is 27.3. The molecule has 0 nitrogen and oxygen atoms in total. The Kier molecular flexibility index (Phi) is 8.98. The van der Waals surface area contributed by atoms with E-state index in [0.717, 1.165) is 12.8 Å². The van der Waals surface area contributed by atoms with Crippen LogP contribution in [0.5, 0.6) is 0 Å². The van der Waals surface area contributed by atoms with Crippen molar-refractivity contribution in [2.24, 2.45) is 0 Å². The van der Waals surface area contributed by atoms with E-state index in [9.17, 15) is 0 Å². The minimum Gasteiger partial charge on any atom is -0.241 e. The number of benzene rings is 5. The normalized spacial score (nSPS) is 12.9. The van der Waals surface area contributed by atoms with Crippen LogP contribution in [0.4, 0.5) is 0 Å². The van der Waals surface area contributed by atoms with Gasteiger partial charge in [0, 0.05) is 16.8 Å². The van der Waals surface area contributed by atoms with E-state index in [-0.39, 0.29) is 16.8 Å². The first-order valence-corrected chi connectivity index (χ1v) is 13.7. The van der Waals surface area contributed by atoms with E-state index < -0.39 is 0 Å². The van der Waals surface area contributed by atoms with Crippen molar-refractivity contribution in [3.63, 3.8) is 0 Å². The molecule has 201 valence electrons. The first-order valence-electron chi connectivity index (χ1n) is 13.7. The third-order valence-electron chi connectivity index (χ3n) is 7.40. The van der Waals surface area contributed by atoms with Crippen LogP contribution in [0, 0.1) is 23.7 Å². The van der Waals surface area contributed by atoms with Crippen molar-refractivity contribution in [2.45, 2.75) is 12.8 Å². The number of hydrogen-bond acceptors (Lipinski definition) is 0. The molecule has 0 aliphatic heterocycles. The summed E-state index contributed by atoms with van der Waals surface area (Å²) in [5.41, 5.74) is 5.19. The first-order chi connectivity index (χ1) is 19.4. The summed E-state index contributed by atoms with van der Waals surface area (Å²) < 4.78 is 0. The molecule has 0 amide bonds. The van der Waals surface area contributed by atoms with Crippen molar-refractivity contribution in [1.82, 2.24) is 0 Å². The summed E-state index contributed by atoms with van der Waals surface area (Å²) >= 11 is 0. The van der Waals surface area contributed by atoms with Gasteiger partial charge < -0.3 is 0 Å². The molecule has 1 aliphatic carbocycles. The Bertz CT molecular complexity index is 1440. The minimum absolute atomic E-state index is 0. The zero-order valence-electron chi connectivity index (χ0n) is 22.3. The Morgan fingerprint density at radius 3 is 1.12 bits per heavy atom. The molecule has 0 bridgehead atoms. The third-order valence-corrected chi connectivity index (χ3v) is 7.40. The van der Waals surface area contributed by atoms with Crippen LogP contribution in [-0.2, 0) is 16.8 Å². The number of rotatable bonds is 4. The van der Waals surface area contributed by atoms with Crippen molar-refractivity contribution in [1.29, 1.82) is 0 Å². The fourth-order valence-electron chi connectivity index (χ4n) is 5.57. The molecule has 1 aliphatic rings. The van der Waals surface area contributed by atoms with Gasteiger partial charge in [-0.1, -0.05) is 42.5 Å². The summed E-state index contributed by atoms with van der Waals surface area (Å²) in [5.74, 6) is 5.58. The number of hydrogen-bond donors (Lipinski definition) is 0. The molecular formula is C39H31Co-5. The Hall–Kier alpha value is -4.30. The molecule has 0 heterocycles. The van der Waals surface area contributed by atoms with E-state index in [1.54, 1.807) is 0 Å². The van der Waals surface area contributed by atoms with Gasteiger partial charge in [0.05, 0.1) is 0 Å². The maximum Gasteiger partial charge on any atom is 0 e. The predicted octanol–water partition coefficient (Wildman–Crippen LogP) is 9.83. The van der Waals surface area contributed by atoms with Crippen LogP contribution in [0.1, 0.15) is 35.1 Å². The van der Waals surface area contributed by atoms with Crippen molar-refractivity contribution in [3.8, 4) is 0 Å². The molecule has 0 saturated heterocycles. The molecule has 6 aromatic carbocycles. The van der Waals surface area contributed by atoms with E-state index in [2.05, 4.69) is 164 Å². The van der Waals surface area contributed by atoms with Crippen molar-refractivity contribution in [3.05, 3.63) is 210 Å². The molecule has 40 heavy (non-hydrogen) atoms. The topological polar surface area (TPSA) is 0 Å². The average molecular weight is 559 g/mol. The Morgan fingerprint density at radius 2 is 0.700 bits per heavy atom. The van der Waals surface area contributed by atoms with E-state index in [4.69, 9.17) is 0 Å². The van der Waals surface area contributed by atoms with Gasteiger partial charge in [-0.2, -0.15) is 71.8 Å². The van der Waals surface area contributed by atoms with Crippen LogP contribution in [-0.4, -0.2) is 0 Å². The molecule has 6 aromatic rings. The van der Waals surface area contributed by atoms with Crippen LogP contribution >= 0.6 is 0 Å². The van der Waals surface area contributed by atoms with E-state index >= 15 is 0 Å². The second kappa shape index (κ2) is 13.2. The average Bonchev–Trinajstić information content (AvgIpc) is 3.52. The van der Waals surface area contributed by atoms with Gasteiger partial charge in [-0.15, -0.1) is 84.2 Å². The second-order valence-corrected chi connectivity index (χ2v) is 9.83. The monoisotopic (exact) mass is 558 g/mol. The van der Waals surface area contributed by atoms with Gasteiger partial charge in [-0.05, 0) is 0 Å². The molecule has 0 atom stereocenters. The summed E-state index contributed by atoms with van der Waals surface area (Å²) in [6.45, 7) is 0. The largest absolute Gasteiger partial charge is 0.241 e. The molecule has 1 radical (unpaired) electrons. The van der Waals surface area contributed by atoms with Crippen LogP contribution in [0.15, 0.2) is 164 Å². The van der Waals surface area contributed by atoms with Gasteiger partial charge in [0.1, 0.15) is 0 Å². The van der Waals surface area contributed by atoms with Crippen molar-refractivity contribution < 1.29 is 16.8 Å². The summed E-state index contributed by atoms with van der Waals surface area (Å²) in [4.78, 5) is 0. The van der Waals surface area contributed by atoms with Gasteiger partial charge in [-0.3, -0.25) is 0 Å². The quantitative estimate of drug-likeness (QED) is 0.189. The second-order valence-electron chi connectivity index (χ2n) is 9.83. The van der Waals surface area contributed by atoms with Crippen LogP contribution < -0.4 is 0 Å². The molecule has 0 aromatic heterocycles. The standard InChI is InChI=1S/C30H24.C9H7.Co/c1-5-13-23(14-6-1)27-21-22-28(24-15-7-2-8-16-24)30(26-19-11-4-12-20-26)29(27)25-17-9-3-10-18-25;1-2-5-9-7-3-6-8(9)4-1;/h1-20H,21-22H2;1-7H;/q-4;-1;. The van der Waals surface area contributed by atoms with Crippen molar-refractivity contribution in [2.75, 3.05) is 0 Å². The number of fused-ring (bicyclic) bond motifs is 1.